The van der Waals surface area contributed by atoms with E-state index in [-0.39, 0.29) is 17.7 Å². The average Bonchev–Trinajstić information content (AvgIpc) is 3.51. The second-order valence-electron chi connectivity index (χ2n) is 8.28. The molecule has 0 radical (unpaired) electrons. The summed E-state index contributed by atoms with van der Waals surface area (Å²) in [4.78, 5) is 6.57. The lowest BCUT2D eigenvalue weighted by molar-refractivity contribution is 0.415. The number of fused-ring (bicyclic) bond motifs is 1. The van der Waals surface area contributed by atoms with Crippen LogP contribution < -0.4 is 13.9 Å². The van der Waals surface area contributed by atoms with E-state index in [0.29, 0.717) is 13.0 Å². The minimum atomic E-state index is -3.20. The van der Waals surface area contributed by atoms with Crippen molar-refractivity contribution in [2.24, 2.45) is 0 Å². The van der Waals surface area contributed by atoms with Gasteiger partial charge in [0.05, 0.1) is 36.7 Å². The number of oxazole rings is 1. The van der Waals surface area contributed by atoms with Crippen LogP contribution in [0, 0.1) is 0 Å². The van der Waals surface area contributed by atoms with Crippen LogP contribution in [-0.4, -0.2) is 39.4 Å². The quantitative estimate of drug-likeness (QED) is 0.553. The lowest BCUT2D eigenvalue weighted by Gasteiger charge is -2.30. The number of hydrogen-bond acceptors (Lipinski definition) is 6. The summed E-state index contributed by atoms with van der Waals surface area (Å²) in [5, 5.41) is 0. The van der Waals surface area contributed by atoms with Gasteiger partial charge in [-0.25, -0.2) is 13.4 Å². The Morgan fingerprint density at radius 2 is 2.00 bits per heavy atom. The summed E-state index contributed by atoms with van der Waals surface area (Å²) < 4.78 is 37.5. The largest absolute Gasteiger partial charge is 0.497 e. The van der Waals surface area contributed by atoms with Crippen LogP contribution in [0.2, 0.25) is 0 Å². The summed E-state index contributed by atoms with van der Waals surface area (Å²) in [5.74, 6) is 1.82. The molecule has 3 aromatic rings. The topological polar surface area (TPSA) is 75.9 Å². The van der Waals surface area contributed by atoms with Crippen molar-refractivity contribution in [2.45, 2.75) is 31.7 Å². The van der Waals surface area contributed by atoms with E-state index in [1.165, 1.54) is 16.3 Å². The van der Waals surface area contributed by atoms with Crippen LogP contribution in [0.5, 0.6) is 5.75 Å². The average molecular weight is 454 g/mol. The zero-order valence-electron chi connectivity index (χ0n) is 18.3. The zero-order chi connectivity index (χ0) is 22.3. The van der Waals surface area contributed by atoms with Crippen LogP contribution in [0.25, 0.3) is 0 Å². The maximum absolute atomic E-state index is 12.3. The Balaban J connectivity index is 1.59. The molecule has 2 aliphatic rings. The van der Waals surface area contributed by atoms with E-state index < -0.39 is 10.0 Å². The molecule has 5 rings (SSSR count). The van der Waals surface area contributed by atoms with Crippen molar-refractivity contribution in [3.05, 3.63) is 71.9 Å². The van der Waals surface area contributed by atoms with Crippen LogP contribution in [-0.2, 0) is 10.0 Å². The van der Waals surface area contributed by atoms with E-state index >= 15 is 0 Å². The number of hydrogen-bond donors (Lipinski definition) is 0. The van der Waals surface area contributed by atoms with Gasteiger partial charge in [0.25, 0.3) is 0 Å². The molecule has 0 N–H and O–H groups in total. The molecule has 168 valence electrons. The summed E-state index contributed by atoms with van der Waals surface area (Å²) in [6.45, 7) is 3.58. The van der Waals surface area contributed by atoms with Gasteiger partial charge in [0.2, 0.25) is 10.0 Å². The first-order valence-electron chi connectivity index (χ1n) is 11.0. The molecule has 2 unspecified atom stereocenters. The van der Waals surface area contributed by atoms with Gasteiger partial charge in [-0.3, -0.25) is 4.31 Å². The summed E-state index contributed by atoms with van der Waals surface area (Å²) >= 11 is 0. The molecule has 3 heterocycles. The fourth-order valence-corrected chi connectivity index (χ4v) is 6.55. The van der Waals surface area contributed by atoms with Crippen LogP contribution in [0.3, 0.4) is 0 Å². The highest BCUT2D eigenvalue weighted by molar-refractivity contribution is 7.93. The SMILES string of the molecule is CCCN1c2cc(OC)ccc2C(c2cnco2)C1c1ccc(N2CCCS2(=O)=O)cc1. The van der Waals surface area contributed by atoms with E-state index in [1.807, 2.05) is 30.3 Å². The number of methoxy groups -OCH3 is 1. The van der Waals surface area contributed by atoms with Gasteiger partial charge in [-0.15, -0.1) is 0 Å². The lowest BCUT2D eigenvalue weighted by Crippen LogP contribution is -2.28. The molecule has 0 bridgehead atoms. The van der Waals surface area contributed by atoms with Gasteiger partial charge in [-0.1, -0.05) is 25.1 Å². The smallest absolute Gasteiger partial charge is 0.235 e. The predicted molar refractivity (Wildman–Crippen MR) is 124 cm³/mol. The van der Waals surface area contributed by atoms with Gasteiger partial charge in [-0.2, -0.15) is 0 Å². The van der Waals surface area contributed by atoms with Gasteiger partial charge in [-0.05, 0) is 42.2 Å². The van der Waals surface area contributed by atoms with E-state index in [2.05, 4.69) is 28.9 Å². The fraction of sp³-hybridized carbons (Fsp3) is 0.375. The summed E-state index contributed by atoms with van der Waals surface area (Å²) in [7, 11) is -1.53. The van der Waals surface area contributed by atoms with E-state index in [0.717, 1.165) is 41.4 Å². The molecule has 0 saturated carbocycles. The molecular formula is C24H27N3O4S. The molecule has 8 heteroatoms. The Kier molecular flexibility index (Phi) is 5.33. The molecule has 0 aliphatic carbocycles. The summed E-state index contributed by atoms with van der Waals surface area (Å²) in [6.07, 6.45) is 4.91. The maximum atomic E-state index is 12.3. The second-order valence-corrected chi connectivity index (χ2v) is 10.3. The lowest BCUT2D eigenvalue weighted by atomic mass is 9.88. The third-order valence-electron chi connectivity index (χ3n) is 6.38. The van der Waals surface area contributed by atoms with Crippen molar-refractivity contribution in [2.75, 3.05) is 35.2 Å². The van der Waals surface area contributed by atoms with Crippen molar-refractivity contribution >= 4 is 21.4 Å². The highest BCUT2D eigenvalue weighted by atomic mass is 32.2. The standard InChI is InChI=1S/C24H27N3O4S/c1-3-11-26-21-14-19(30-2)9-10-20(21)23(22-15-25-16-31-22)24(26)17-5-7-18(8-6-17)27-12-4-13-32(27,28)29/h5-10,14-16,23-24H,3-4,11-13H2,1-2H3. The molecular weight excluding hydrogens is 426 g/mol. The van der Waals surface area contributed by atoms with Crippen molar-refractivity contribution in [3.8, 4) is 5.75 Å². The number of benzene rings is 2. The minimum absolute atomic E-state index is 0.00856. The Bertz CT molecular complexity index is 1190. The van der Waals surface area contributed by atoms with E-state index in [4.69, 9.17) is 9.15 Å². The first kappa shape index (κ1) is 20.9. The number of aromatic nitrogens is 1. The van der Waals surface area contributed by atoms with Gasteiger partial charge >= 0.3 is 0 Å². The van der Waals surface area contributed by atoms with Crippen LogP contribution in [0.1, 0.15) is 48.6 Å². The Labute approximate surface area is 188 Å². The maximum Gasteiger partial charge on any atom is 0.235 e. The first-order valence-corrected chi connectivity index (χ1v) is 12.6. The zero-order valence-corrected chi connectivity index (χ0v) is 19.1. The number of anilines is 2. The number of nitrogens with zero attached hydrogens (tertiary/aromatic N) is 3. The highest BCUT2D eigenvalue weighted by Crippen LogP contribution is 2.53. The summed E-state index contributed by atoms with van der Waals surface area (Å²) in [6, 6.07) is 14.1. The van der Waals surface area contributed by atoms with E-state index in [1.54, 1.807) is 13.3 Å². The fourth-order valence-electron chi connectivity index (χ4n) is 4.99. The summed E-state index contributed by atoms with van der Waals surface area (Å²) in [5.41, 5.74) is 4.13. The molecule has 2 aliphatic heterocycles. The van der Waals surface area contributed by atoms with Crippen molar-refractivity contribution in [1.29, 1.82) is 0 Å². The molecule has 0 amide bonds. The van der Waals surface area contributed by atoms with Crippen molar-refractivity contribution in [3.63, 3.8) is 0 Å². The molecule has 0 spiro atoms. The van der Waals surface area contributed by atoms with Gasteiger partial charge in [0, 0.05) is 24.8 Å². The Morgan fingerprint density at radius 1 is 1.19 bits per heavy atom. The van der Waals surface area contributed by atoms with Gasteiger partial charge < -0.3 is 14.1 Å². The minimum Gasteiger partial charge on any atom is -0.497 e. The normalized spacial score (nSPS) is 21.7. The number of sulfonamides is 1. The van der Waals surface area contributed by atoms with Crippen LogP contribution in [0.15, 0.2) is 59.5 Å². The van der Waals surface area contributed by atoms with Crippen molar-refractivity contribution < 1.29 is 17.6 Å². The molecule has 32 heavy (non-hydrogen) atoms. The van der Waals surface area contributed by atoms with E-state index in [9.17, 15) is 8.42 Å². The van der Waals surface area contributed by atoms with Crippen LogP contribution in [0.4, 0.5) is 11.4 Å². The molecule has 2 atom stereocenters. The molecule has 1 fully saturated rings. The number of rotatable bonds is 6. The molecule has 1 saturated heterocycles. The second kappa shape index (κ2) is 8.16. The monoisotopic (exact) mass is 453 g/mol. The van der Waals surface area contributed by atoms with Gasteiger partial charge in [0.15, 0.2) is 6.39 Å². The van der Waals surface area contributed by atoms with Gasteiger partial charge in [0.1, 0.15) is 11.5 Å². The first-order chi connectivity index (χ1) is 15.5. The molecule has 7 nitrogen and oxygen atoms in total. The molecule has 1 aromatic heterocycles. The third-order valence-corrected chi connectivity index (χ3v) is 8.25. The highest BCUT2D eigenvalue weighted by Gasteiger charge is 2.42. The molecule has 2 aromatic carbocycles. The Morgan fingerprint density at radius 3 is 2.62 bits per heavy atom. The van der Waals surface area contributed by atoms with Crippen molar-refractivity contribution in [1.82, 2.24) is 4.98 Å². The Hall–Kier alpha value is -3.00. The predicted octanol–water partition coefficient (Wildman–Crippen LogP) is 4.33. The van der Waals surface area contributed by atoms with Crippen LogP contribution >= 0.6 is 0 Å². The number of ether oxygens (including phenoxy) is 1. The third kappa shape index (κ3) is 3.43.